The van der Waals surface area contributed by atoms with Crippen LogP contribution in [0.5, 0.6) is 0 Å². The lowest BCUT2D eigenvalue weighted by atomic mass is 9.93. The minimum absolute atomic E-state index is 0.0384. The molecule has 1 saturated heterocycles. The lowest BCUT2D eigenvalue weighted by Crippen LogP contribution is -2.47. The zero-order valence-electron chi connectivity index (χ0n) is 13.9. The third-order valence-corrected chi connectivity index (χ3v) is 5.63. The first-order valence-corrected chi connectivity index (χ1v) is 8.68. The second kappa shape index (κ2) is 6.35. The van der Waals surface area contributed by atoms with Crippen LogP contribution in [0.4, 0.5) is 0 Å². The Labute approximate surface area is 143 Å². The van der Waals surface area contributed by atoms with Crippen LogP contribution in [0.3, 0.4) is 0 Å². The van der Waals surface area contributed by atoms with Gasteiger partial charge in [0.15, 0.2) is 0 Å². The Morgan fingerprint density at radius 3 is 2.75 bits per heavy atom. The summed E-state index contributed by atoms with van der Waals surface area (Å²) in [5.41, 5.74) is 1.55. The SMILES string of the molecule is Cc1nc(-c2cnn(C)c2)sc1C(=O)N1CC(C(=O)O)CCC1C. The van der Waals surface area contributed by atoms with Gasteiger partial charge in [-0.3, -0.25) is 14.3 Å². The van der Waals surface area contributed by atoms with E-state index in [1.54, 1.807) is 15.8 Å². The number of aromatic nitrogens is 3. The van der Waals surface area contributed by atoms with Gasteiger partial charge in [-0.15, -0.1) is 11.3 Å². The van der Waals surface area contributed by atoms with Gasteiger partial charge in [-0.25, -0.2) is 4.98 Å². The molecule has 128 valence electrons. The predicted molar refractivity (Wildman–Crippen MR) is 89.9 cm³/mol. The van der Waals surface area contributed by atoms with Crippen molar-refractivity contribution in [3.63, 3.8) is 0 Å². The quantitative estimate of drug-likeness (QED) is 0.918. The van der Waals surface area contributed by atoms with Crippen LogP contribution in [0.1, 0.15) is 35.1 Å². The van der Waals surface area contributed by atoms with Gasteiger partial charge in [0.05, 0.1) is 17.8 Å². The molecule has 3 rings (SSSR count). The van der Waals surface area contributed by atoms with Crippen molar-refractivity contribution in [2.45, 2.75) is 32.7 Å². The molecule has 0 aromatic carbocycles. The molecule has 0 bridgehead atoms. The van der Waals surface area contributed by atoms with Crippen LogP contribution >= 0.6 is 11.3 Å². The normalized spacial score (nSPS) is 21.0. The minimum atomic E-state index is -0.836. The number of aliphatic carboxylic acids is 1. The van der Waals surface area contributed by atoms with Crippen molar-refractivity contribution in [1.29, 1.82) is 0 Å². The molecule has 2 aromatic heterocycles. The van der Waals surface area contributed by atoms with Crippen molar-refractivity contribution < 1.29 is 14.7 Å². The van der Waals surface area contributed by atoms with Crippen molar-refractivity contribution in [3.05, 3.63) is 23.0 Å². The molecular weight excluding hydrogens is 328 g/mol. The molecule has 0 aliphatic carbocycles. The molecule has 0 spiro atoms. The highest BCUT2D eigenvalue weighted by Crippen LogP contribution is 2.31. The molecule has 3 heterocycles. The Bertz CT molecular complexity index is 782. The highest BCUT2D eigenvalue weighted by Gasteiger charge is 2.34. The Hall–Kier alpha value is -2.22. The van der Waals surface area contributed by atoms with Crippen LogP contribution in [0.2, 0.25) is 0 Å². The number of carboxylic acids is 1. The van der Waals surface area contributed by atoms with E-state index < -0.39 is 11.9 Å². The van der Waals surface area contributed by atoms with Crippen LogP contribution in [0.25, 0.3) is 10.6 Å². The Balaban J connectivity index is 1.86. The topological polar surface area (TPSA) is 88.3 Å². The summed E-state index contributed by atoms with van der Waals surface area (Å²) in [6, 6.07) is 0.0384. The van der Waals surface area contributed by atoms with Gasteiger partial charge in [-0.1, -0.05) is 0 Å². The maximum Gasteiger partial charge on any atom is 0.308 e. The summed E-state index contributed by atoms with van der Waals surface area (Å²) in [6.45, 7) is 4.04. The lowest BCUT2D eigenvalue weighted by Gasteiger charge is -2.36. The van der Waals surface area contributed by atoms with Gasteiger partial charge in [-0.2, -0.15) is 5.10 Å². The zero-order chi connectivity index (χ0) is 17.4. The number of carboxylic acid groups (broad SMARTS) is 1. The van der Waals surface area contributed by atoms with Crippen molar-refractivity contribution in [1.82, 2.24) is 19.7 Å². The van der Waals surface area contributed by atoms with Crippen LogP contribution in [-0.4, -0.2) is 49.2 Å². The molecule has 2 aromatic rings. The molecule has 1 fully saturated rings. The fraction of sp³-hybridized carbons (Fsp3) is 0.500. The first kappa shape index (κ1) is 16.6. The van der Waals surface area contributed by atoms with Crippen molar-refractivity contribution in [2.24, 2.45) is 13.0 Å². The van der Waals surface area contributed by atoms with E-state index in [1.165, 1.54) is 11.3 Å². The summed E-state index contributed by atoms with van der Waals surface area (Å²) < 4.78 is 1.69. The van der Waals surface area contributed by atoms with Crippen molar-refractivity contribution in [3.8, 4) is 10.6 Å². The van der Waals surface area contributed by atoms with Gasteiger partial charge in [-0.05, 0) is 26.7 Å². The van der Waals surface area contributed by atoms with E-state index in [9.17, 15) is 14.7 Å². The summed E-state index contributed by atoms with van der Waals surface area (Å²) in [5, 5.41) is 14.1. The largest absolute Gasteiger partial charge is 0.481 e. The van der Waals surface area contributed by atoms with Crippen molar-refractivity contribution in [2.75, 3.05) is 6.54 Å². The monoisotopic (exact) mass is 348 g/mol. The van der Waals surface area contributed by atoms with Gasteiger partial charge in [0.2, 0.25) is 0 Å². The molecule has 0 saturated carbocycles. The second-order valence-electron chi connectivity index (χ2n) is 6.26. The van der Waals surface area contributed by atoms with Crippen LogP contribution in [0, 0.1) is 12.8 Å². The Kier molecular flexibility index (Phi) is 4.40. The van der Waals surface area contributed by atoms with E-state index in [0.717, 1.165) is 10.6 Å². The minimum Gasteiger partial charge on any atom is -0.481 e. The first-order chi connectivity index (χ1) is 11.4. The molecule has 2 unspecified atom stereocenters. The summed E-state index contributed by atoms with van der Waals surface area (Å²) in [5.74, 6) is -1.45. The average molecular weight is 348 g/mol. The third kappa shape index (κ3) is 3.06. The number of piperidine rings is 1. The molecule has 1 N–H and O–H groups in total. The van der Waals surface area contributed by atoms with Crippen LogP contribution in [0.15, 0.2) is 12.4 Å². The number of amides is 1. The number of carbonyl (C=O) groups is 2. The summed E-state index contributed by atoms with van der Waals surface area (Å²) in [7, 11) is 1.83. The number of hydrogen-bond acceptors (Lipinski definition) is 5. The predicted octanol–water partition coefficient (Wildman–Crippen LogP) is 2.18. The Morgan fingerprint density at radius 2 is 2.12 bits per heavy atom. The van der Waals surface area contributed by atoms with Crippen LogP contribution < -0.4 is 0 Å². The molecule has 1 aliphatic heterocycles. The van der Waals surface area contributed by atoms with E-state index in [1.807, 2.05) is 27.1 Å². The van der Waals surface area contributed by atoms with E-state index in [-0.39, 0.29) is 18.5 Å². The van der Waals surface area contributed by atoms with E-state index >= 15 is 0 Å². The summed E-state index contributed by atoms with van der Waals surface area (Å²) >= 11 is 1.34. The first-order valence-electron chi connectivity index (χ1n) is 7.87. The second-order valence-corrected chi connectivity index (χ2v) is 7.25. The van der Waals surface area contributed by atoms with E-state index in [4.69, 9.17) is 0 Å². The molecule has 8 heteroatoms. The standard InChI is InChI=1S/C16H20N4O3S/c1-9-4-5-11(16(22)23)8-20(9)15(21)13-10(2)18-14(24-13)12-6-17-19(3)7-12/h6-7,9,11H,4-5,8H2,1-3H3,(H,22,23). The number of thiazole rings is 1. The Morgan fingerprint density at radius 1 is 1.38 bits per heavy atom. The number of likely N-dealkylation sites (tertiary alicyclic amines) is 1. The fourth-order valence-electron chi connectivity index (χ4n) is 2.97. The molecule has 1 amide bonds. The highest BCUT2D eigenvalue weighted by molar-refractivity contribution is 7.17. The molecule has 0 radical (unpaired) electrons. The van der Waals surface area contributed by atoms with Gasteiger partial charge in [0.1, 0.15) is 9.88 Å². The summed E-state index contributed by atoms with van der Waals surface area (Å²) in [6.07, 6.45) is 4.89. The van der Waals surface area contributed by atoms with Gasteiger partial charge >= 0.3 is 5.97 Å². The maximum atomic E-state index is 12.9. The number of carbonyl (C=O) groups excluding carboxylic acids is 1. The molecule has 24 heavy (non-hydrogen) atoms. The smallest absolute Gasteiger partial charge is 0.308 e. The van der Waals surface area contributed by atoms with Crippen LogP contribution in [-0.2, 0) is 11.8 Å². The molecule has 1 aliphatic rings. The number of hydrogen-bond donors (Lipinski definition) is 1. The van der Waals surface area contributed by atoms with Gasteiger partial charge < -0.3 is 10.0 Å². The fourth-order valence-corrected chi connectivity index (χ4v) is 3.97. The molecule has 2 atom stereocenters. The average Bonchev–Trinajstić information content (AvgIpc) is 3.12. The maximum absolute atomic E-state index is 12.9. The zero-order valence-corrected chi connectivity index (χ0v) is 14.7. The van der Waals surface area contributed by atoms with E-state index in [0.29, 0.717) is 23.4 Å². The third-order valence-electron chi connectivity index (χ3n) is 4.43. The molecule has 7 nitrogen and oxygen atoms in total. The number of aryl methyl sites for hydroxylation is 2. The van der Waals surface area contributed by atoms with Crippen molar-refractivity contribution >= 4 is 23.2 Å². The number of nitrogens with zero attached hydrogens (tertiary/aromatic N) is 4. The summed E-state index contributed by atoms with van der Waals surface area (Å²) in [4.78, 5) is 30.9. The lowest BCUT2D eigenvalue weighted by molar-refractivity contribution is -0.143. The van der Waals surface area contributed by atoms with Gasteiger partial charge in [0, 0.05) is 31.4 Å². The van der Waals surface area contributed by atoms with E-state index in [2.05, 4.69) is 10.1 Å². The molecular formula is C16H20N4O3S. The van der Waals surface area contributed by atoms with Gasteiger partial charge in [0.25, 0.3) is 5.91 Å². The highest BCUT2D eigenvalue weighted by atomic mass is 32.1. The number of rotatable bonds is 3.